The highest BCUT2D eigenvalue weighted by Gasteiger charge is 2.20. The Hall–Kier alpha value is -0.780. The summed E-state index contributed by atoms with van der Waals surface area (Å²) in [5.74, 6) is -0.616. The molecule has 18 heavy (non-hydrogen) atoms. The summed E-state index contributed by atoms with van der Waals surface area (Å²) in [5, 5.41) is 0. The molecule has 0 aliphatic carbocycles. The first-order valence-corrected chi connectivity index (χ1v) is 6.75. The van der Waals surface area contributed by atoms with Gasteiger partial charge in [0.05, 0.1) is 16.6 Å². The van der Waals surface area contributed by atoms with Gasteiger partial charge >= 0.3 is 0 Å². The molecule has 0 N–H and O–H groups in total. The van der Waals surface area contributed by atoms with E-state index in [-0.39, 0.29) is 11.3 Å². The summed E-state index contributed by atoms with van der Waals surface area (Å²) in [5.41, 5.74) is 0.170. The normalized spacial score (nSPS) is 17.9. The lowest BCUT2D eigenvalue weighted by molar-refractivity contribution is 0.0872. The highest BCUT2D eigenvalue weighted by molar-refractivity contribution is 9.10. The second-order valence-electron chi connectivity index (χ2n) is 4.60. The molecular weight excluding hydrogens is 299 g/mol. The molecule has 0 saturated carbocycles. The third-order valence-corrected chi connectivity index (χ3v) is 3.83. The molecule has 98 valence electrons. The highest BCUT2D eigenvalue weighted by Crippen LogP contribution is 2.19. The van der Waals surface area contributed by atoms with Crippen molar-refractivity contribution in [3.63, 3.8) is 0 Å². The van der Waals surface area contributed by atoms with Crippen molar-refractivity contribution in [2.24, 2.45) is 0 Å². The van der Waals surface area contributed by atoms with Crippen LogP contribution < -0.4 is 0 Å². The molecule has 3 nitrogen and oxygen atoms in total. The molecule has 1 aliphatic heterocycles. The average molecular weight is 315 g/mol. The predicted molar refractivity (Wildman–Crippen MR) is 72.4 cm³/mol. The van der Waals surface area contributed by atoms with Gasteiger partial charge in [0.25, 0.3) is 0 Å². The summed E-state index contributed by atoms with van der Waals surface area (Å²) in [7, 11) is 2.06. The first-order chi connectivity index (χ1) is 8.58. The third kappa shape index (κ3) is 3.16. The van der Waals surface area contributed by atoms with Crippen LogP contribution in [0.5, 0.6) is 0 Å². The molecule has 0 atom stereocenters. The number of rotatable bonds is 3. The Bertz CT molecular complexity index is 445. The van der Waals surface area contributed by atoms with Crippen LogP contribution in [0.1, 0.15) is 10.4 Å². The molecule has 1 saturated heterocycles. The molecule has 5 heteroatoms. The van der Waals surface area contributed by atoms with Crippen LogP contribution in [0.4, 0.5) is 4.39 Å². The minimum absolute atomic E-state index is 0.154. The zero-order valence-electron chi connectivity index (χ0n) is 10.3. The Morgan fingerprint density at radius 2 is 2.00 bits per heavy atom. The van der Waals surface area contributed by atoms with E-state index in [1.54, 1.807) is 18.2 Å². The van der Waals surface area contributed by atoms with Crippen molar-refractivity contribution in [1.29, 1.82) is 0 Å². The van der Waals surface area contributed by atoms with Gasteiger partial charge < -0.3 is 4.90 Å². The molecule has 0 aromatic heterocycles. The van der Waals surface area contributed by atoms with Gasteiger partial charge in [0.2, 0.25) is 0 Å². The first-order valence-electron chi connectivity index (χ1n) is 5.96. The molecule has 1 fully saturated rings. The van der Waals surface area contributed by atoms with Crippen molar-refractivity contribution in [2.75, 3.05) is 39.8 Å². The van der Waals surface area contributed by atoms with Gasteiger partial charge in [-0.05, 0) is 35.1 Å². The fraction of sp³-hybridized carbons (Fsp3) is 0.462. The lowest BCUT2D eigenvalue weighted by Crippen LogP contribution is -2.46. The van der Waals surface area contributed by atoms with Gasteiger partial charge in [-0.2, -0.15) is 0 Å². The van der Waals surface area contributed by atoms with E-state index >= 15 is 0 Å². The van der Waals surface area contributed by atoms with Crippen molar-refractivity contribution in [3.8, 4) is 0 Å². The molecule has 1 aromatic rings. The number of likely N-dealkylation sites (N-methyl/N-ethyl adjacent to an activating group) is 1. The Labute approximate surface area is 115 Å². The van der Waals surface area contributed by atoms with Gasteiger partial charge in [0.15, 0.2) is 5.78 Å². The molecule has 1 aromatic carbocycles. The van der Waals surface area contributed by atoms with Crippen LogP contribution in [0, 0.1) is 5.82 Å². The SMILES string of the molecule is CN1CCN(CC(=O)c2cccc(Br)c2F)CC1. The van der Waals surface area contributed by atoms with Crippen LogP contribution in [-0.2, 0) is 0 Å². The fourth-order valence-electron chi connectivity index (χ4n) is 2.01. The van der Waals surface area contributed by atoms with Crippen LogP contribution in [0.25, 0.3) is 0 Å². The van der Waals surface area contributed by atoms with Gasteiger partial charge in [-0.3, -0.25) is 9.69 Å². The Kier molecular flexibility index (Phi) is 4.48. The van der Waals surface area contributed by atoms with Gasteiger partial charge in [-0.15, -0.1) is 0 Å². The van der Waals surface area contributed by atoms with Crippen LogP contribution in [-0.4, -0.2) is 55.4 Å². The number of benzene rings is 1. The highest BCUT2D eigenvalue weighted by atomic mass is 79.9. The minimum Gasteiger partial charge on any atom is -0.304 e. The number of piperazine rings is 1. The lowest BCUT2D eigenvalue weighted by atomic mass is 10.1. The number of carbonyl (C=O) groups is 1. The molecule has 0 bridgehead atoms. The Morgan fingerprint density at radius 3 is 2.67 bits per heavy atom. The van der Waals surface area contributed by atoms with Gasteiger partial charge in [-0.25, -0.2) is 4.39 Å². The Morgan fingerprint density at radius 1 is 1.33 bits per heavy atom. The standard InChI is InChI=1S/C13H16BrFN2O/c1-16-5-7-17(8-6-16)9-12(18)10-3-2-4-11(14)13(10)15/h2-4H,5-9H2,1H3. The summed E-state index contributed by atoms with van der Waals surface area (Å²) < 4.78 is 14.1. The number of hydrogen-bond donors (Lipinski definition) is 0. The number of nitrogens with zero attached hydrogens (tertiary/aromatic N) is 2. The maximum absolute atomic E-state index is 13.8. The largest absolute Gasteiger partial charge is 0.304 e. The average Bonchev–Trinajstić information content (AvgIpc) is 2.35. The summed E-state index contributed by atoms with van der Waals surface area (Å²) in [6.07, 6.45) is 0. The quantitative estimate of drug-likeness (QED) is 0.798. The van der Waals surface area contributed by atoms with Crippen molar-refractivity contribution in [1.82, 2.24) is 9.80 Å². The van der Waals surface area contributed by atoms with E-state index < -0.39 is 5.82 Å². The van der Waals surface area contributed by atoms with E-state index in [4.69, 9.17) is 0 Å². The zero-order valence-corrected chi connectivity index (χ0v) is 11.9. The van der Waals surface area contributed by atoms with Crippen LogP contribution in [0.3, 0.4) is 0 Å². The van der Waals surface area contributed by atoms with Gasteiger partial charge in [0, 0.05) is 26.2 Å². The second-order valence-corrected chi connectivity index (χ2v) is 5.46. The maximum Gasteiger partial charge on any atom is 0.179 e. The number of ketones is 1. The van der Waals surface area contributed by atoms with E-state index in [1.807, 2.05) is 0 Å². The van der Waals surface area contributed by atoms with Gasteiger partial charge in [-0.1, -0.05) is 6.07 Å². The van der Waals surface area contributed by atoms with E-state index in [0.29, 0.717) is 11.0 Å². The third-order valence-electron chi connectivity index (χ3n) is 3.22. The fourth-order valence-corrected chi connectivity index (χ4v) is 2.38. The Balaban J connectivity index is 2.01. The minimum atomic E-state index is -0.461. The topological polar surface area (TPSA) is 23.6 Å². The summed E-state index contributed by atoms with van der Waals surface area (Å²) in [4.78, 5) is 16.3. The van der Waals surface area contributed by atoms with Crippen molar-refractivity contribution in [2.45, 2.75) is 0 Å². The number of halogens is 2. The predicted octanol–water partition coefficient (Wildman–Crippen LogP) is 2.02. The summed E-state index contributed by atoms with van der Waals surface area (Å²) >= 11 is 3.10. The number of Topliss-reactive ketones (excluding diaryl/α,β-unsaturated/α-hetero) is 1. The summed E-state index contributed by atoms with van der Waals surface area (Å²) in [6.45, 7) is 3.92. The molecule has 1 aliphatic rings. The van der Waals surface area contributed by atoms with Crippen LogP contribution in [0.2, 0.25) is 0 Å². The summed E-state index contributed by atoms with van der Waals surface area (Å²) in [6, 6.07) is 4.82. The van der Waals surface area contributed by atoms with Crippen molar-refractivity contribution in [3.05, 3.63) is 34.1 Å². The zero-order chi connectivity index (χ0) is 13.1. The molecule has 0 unspecified atom stereocenters. The van der Waals surface area contributed by atoms with Crippen molar-refractivity contribution < 1.29 is 9.18 Å². The van der Waals surface area contributed by atoms with E-state index in [9.17, 15) is 9.18 Å². The molecule has 0 radical (unpaired) electrons. The molecule has 1 heterocycles. The second kappa shape index (κ2) is 5.91. The van der Waals surface area contributed by atoms with E-state index in [2.05, 4.69) is 32.8 Å². The van der Waals surface area contributed by atoms with Crippen molar-refractivity contribution >= 4 is 21.7 Å². The molecule has 2 rings (SSSR count). The molecule has 0 amide bonds. The van der Waals surface area contributed by atoms with Gasteiger partial charge in [0.1, 0.15) is 5.82 Å². The monoisotopic (exact) mass is 314 g/mol. The van der Waals surface area contributed by atoms with Crippen LogP contribution in [0.15, 0.2) is 22.7 Å². The first kappa shape index (κ1) is 13.6. The van der Waals surface area contributed by atoms with E-state index in [0.717, 1.165) is 26.2 Å². The van der Waals surface area contributed by atoms with E-state index in [1.165, 1.54) is 0 Å². The number of carbonyl (C=O) groups excluding carboxylic acids is 1. The molecule has 0 spiro atoms. The maximum atomic E-state index is 13.8. The molecular formula is C13H16BrFN2O. The lowest BCUT2D eigenvalue weighted by Gasteiger charge is -2.31. The smallest absolute Gasteiger partial charge is 0.179 e. The van der Waals surface area contributed by atoms with Crippen LogP contribution >= 0.6 is 15.9 Å². The number of hydrogen-bond acceptors (Lipinski definition) is 3.